The van der Waals surface area contributed by atoms with Crippen molar-refractivity contribution in [3.05, 3.63) is 29.8 Å². The van der Waals surface area contributed by atoms with Crippen LogP contribution in [0.2, 0.25) is 0 Å². The molecule has 0 radical (unpaired) electrons. The lowest BCUT2D eigenvalue weighted by Crippen LogP contribution is -2.34. The van der Waals surface area contributed by atoms with E-state index in [4.69, 9.17) is 4.74 Å². The van der Waals surface area contributed by atoms with Crippen molar-refractivity contribution in [3.63, 3.8) is 0 Å². The number of carbonyl (C=O) groups excluding carboxylic acids is 1. The molecular weight excluding hydrogens is 202 g/mol. The van der Waals surface area contributed by atoms with Gasteiger partial charge in [-0.2, -0.15) is 0 Å². The minimum absolute atomic E-state index is 0.153. The number of ether oxygens (including phenoxy) is 1. The Morgan fingerprint density at radius 1 is 1.38 bits per heavy atom. The molecule has 1 aliphatic rings. The molecule has 0 heterocycles. The van der Waals surface area contributed by atoms with Gasteiger partial charge in [0.2, 0.25) is 5.91 Å². The van der Waals surface area contributed by atoms with Crippen LogP contribution in [0.25, 0.3) is 0 Å². The Kier molecular flexibility index (Phi) is 2.86. The second-order valence-electron chi connectivity index (χ2n) is 4.17. The summed E-state index contributed by atoms with van der Waals surface area (Å²) in [6, 6.07) is 7.80. The van der Waals surface area contributed by atoms with Crippen LogP contribution in [-0.4, -0.2) is 19.6 Å². The molecule has 3 heteroatoms. The number of likely N-dealkylation sites (N-methyl/N-ethyl adjacent to an activating group) is 1. The molecule has 1 aromatic rings. The molecule has 1 N–H and O–H groups in total. The van der Waals surface area contributed by atoms with Crippen molar-refractivity contribution >= 4 is 5.91 Å². The fourth-order valence-electron chi connectivity index (χ4n) is 2.01. The normalized spacial score (nSPS) is 16.6. The summed E-state index contributed by atoms with van der Waals surface area (Å²) in [5.74, 6) is 0.982. The molecule has 0 aromatic heterocycles. The first-order valence-electron chi connectivity index (χ1n) is 5.66. The smallest absolute Gasteiger partial charge is 0.230 e. The molecule has 2 rings (SSSR count). The minimum atomic E-state index is -0.262. The second kappa shape index (κ2) is 4.16. The Balaban J connectivity index is 2.19. The van der Waals surface area contributed by atoms with E-state index in [2.05, 4.69) is 5.32 Å². The summed E-state index contributed by atoms with van der Waals surface area (Å²) < 4.78 is 5.11. The van der Waals surface area contributed by atoms with E-state index in [0.717, 1.165) is 24.2 Å². The highest BCUT2D eigenvalue weighted by molar-refractivity contribution is 5.91. The van der Waals surface area contributed by atoms with Crippen LogP contribution in [0, 0.1) is 0 Å². The highest BCUT2D eigenvalue weighted by Gasteiger charge is 2.50. The maximum Gasteiger partial charge on any atom is 0.230 e. The van der Waals surface area contributed by atoms with Crippen molar-refractivity contribution in [2.75, 3.05) is 13.7 Å². The number of carbonyl (C=O) groups is 1. The van der Waals surface area contributed by atoms with Gasteiger partial charge in [0.05, 0.1) is 12.5 Å². The SMILES string of the molecule is CCNC(=O)C1(c2ccc(OC)cc2)CC1. The summed E-state index contributed by atoms with van der Waals surface area (Å²) in [4.78, 5) is 11.9. The Morgan fingerprint density at radius 2 is 2.00 bits per heavy atom. The van der Waals surface area contributed by atoms with Gasteiger partial charge in [0.25, 0.3) is 0 Å². The van der Waals surface area contributed by atoms with E-state index in [9.17, 15) is 4.79 Å². The number of hydrogen-bond donors (Lipinski definition) is 1. The van der Waals surface area contributed by atoms with Crippen LogP contribution in [0.5, 0.6) is 5.75 Å². The van der Waals surface area contributed by atoms with E-state index in [1.165, 1.54) is 0 Å². The molecule has 1 fully saturated rings. The van der Waals surface area contributed by atoms with Crippen LogP contribution >= 0.6 is 0 Å². The number of methoxy groups -OCH3 is 1. The van der Waals surface area contributed by atoms with Crippen molar-refractivity contribution < 1.29 is 9.53 Å². The zero-order valence-corrected chi connectivity index (χ0v) is 9.75. The van der Waals surface area contributed by atoms with Gasteiger partial charge in [-0.05, 0) is 37.5 Å². The van der Waals surface area contributed by atoms with Crippen molar-refractivity contribution in [1.29, 1.82) is 0 Å². The molecule has 0 spiro atoms. The first-order chi connectivity index (χ1) is 7.73. The highest BCUT2D eigenvalue weighted by atomic mass is 16.5. The molecule has 0 bridgehead atoms. The van der Waals surface area contributed by atoms with Crippen LogP contribution in [-0.2, 0) is 10.2 Å². The van der Waals surface area contributed by atoms with Crippen molar-refractivity contribution in [2.24, 2.45) is 0 Å². The van der Waals surface area contributed by atoms with Gasteiger partial charge in [-0.3, -0.25) is 4.79 Å². The summed E-state index contributed by atoms with van der Waals surface area (Å²) in [5, 5.41) is 2.91. The third kappa shape index (κ3) is 1.77. The van der Waals surface area contributed by atoms with Crippen LogP contribution in [0.1, 0.15) is 25.3 Å². The standard InChI is InChI=1S/C13H17NO2/c1-3-14-12(15)13(8-9-13)10-4-6-11(16-2)7-5-10/h4-7H,3,8-9H2,1-2H3,(H,14,15). The van der Waals surface area contributed by atoms with Crippen molar-refractivity contribution in [2.45, 2.75) is 25.2 Å². The first-order valence-corrected chi connectivity index (χ1v) is 5.66. The third-order valence-electron chi connectivity index (χ3n) is 3.16. The van der Waals surface area contributed by atoms with E-state index >= 15 is 0 Å². The summed E-state index contributed by atoms with van der Waals surface area (Å²) in [7, 11) is 1.64. The van der Waals surface area contributed by atoms with Crippen LogP contribution < -0.4 is 10.1 Å². The van der Waals surface area contributed by atoms with E-state index < -0.39 is 0 Å². The van der Waals surface area contributed by atoms with E-state index in [-0.39, 0.29) is 11.3 Å². The van der Waals surface area contributed by atoms with Gasteiger partial charge in [-0.1, -0.05) is 12.1 Å². The Labute approximate surface area is 95.8 Å². The largest absolute Gasteiger partial charge is 0.497 e. The molecule has 86 valence electrons. The van der Waals surface area contributed by atoms with Gasteiger partial charge in [0, 0.05) is 6.54 Å². The molecule has 0 atom stereocenters. The second-order valence-corrected chi connectivity index (χ2v) is 4.17. The monoisotopic (exact) mass is 219 g/mol. The average molecular weight is 219 g/mol. The predicted octanol–water partition coefficient (Wildman–Crippen LogP) is 1.86. The molecule has 0 aliphatic heterocycles. The molecule has 1 saturated carbocycles. The predicted molar refractivity (Wildman–Crippen MR) is 62.6 cm³/mol. The molecule has 0 unspecified atom stereocenters. The molecule has 1 aromatic carbocycles. The summed E-state index contributed by atoms with van der Waals surface area (Å²) in [5.41, 5.74) is 0.835. The molecule has 1 amide bonds. The van der Waals surface area contributed by atoms with Crippen LogP contribution in [0.4, 0.5) is 0 Å². The third-order valence-corrected chi connectivity index (χ3v) is 3.16. The Bertz CT molecular complexity index is 379. The molecule has 3 nitrogen and oxygen atoms in total. The van der Waals surface area contributed by atoms with E-state index in [1.54, 1.807) is 7.11 Å². The lowest BCUT2D eigenvalue weighted by atomic mass is 9.95. The molecule has 1 aliphatic carbocycles. The van der Waals surface area contributed by atoms with Crippen LogP contribution in [0.15, 0.2) is 24.3 Å². The lowest BCUT2D eigenvalue weighted by Gasteiger charge is -2.15. The summed E-state index contributed by atoms with van der Waals surface area (Å²) in [6.07, 6.45) is 1.90. The van der Waals surface area contributed by atoms with Gasteiger partial charge in [0.15, 0.2) is 0 Å². The number of rotatable bonds is 4. The Morgan fingerprint density at radius 3 is 2.44 bits per heavy atom. The van der Waals surface area contributed by atoms with Crippen molar-refractivity contribution in [1.82, 2.24) is 5.32 Å². The first kappa shape index (κ1) is 11.0. The fraction of sp³-hybridized carbons (Fsp3) is 0.462. The number of hydrogen-bond acceptors (Lipinski definition) is 2. The average Bonchev–Trinajstić information content (AvgIpc) is 3.11. The lowest BCUT2D eigenvalue weighted by molar-refractivity contribution is -0.123. The van der Waals surface area contributed by atoms with Gasteiger partial charge >= 0.3 is 0 Å². The number of nitrogens with one attached hydrogen (secondary N) is 1. The zero-order valence-electron chi connectivity index (χ0n) is 9.75. The molecular formula is C13H17NO2. The molecule has 0 saturated heterocycles. The Hall–Kier alpha value is -1.51. The molecule has 16 heavy (non-hydrogen) atoms. The summed E-state index contributed by atoms with van der Waals surface area (Å²) >= 11 is 0. The topological polar surface area (TPSA) is 38.3 Å². The maximum atomic E-state index is 11.9. The van der Waals surface area contributed by atoms with Gasteiger partial charge in [0.1, 0.15) is 5.75 Å². The summed E-state index contributed by atoms with van der Waals surface area (Å²) in [6.45, 7) is 2.64. The van der Waals surface area contributed by atoms with Gasteiger partial charge in [-0.15, -0.1) is 0 Å². The van der Waals surface area contributed by atoms with Crippen LogP contribution in [0.3, 0.4) is 0 Å². The van der Waals surface area contributed by atoms with E-state index in [1.807, 2.05) is 31.2 Å². The van der Waals surface area contributed by atoms with Gasteiger partial charge in [-0.25, -0.2) is 0 Å². The highest BCUT2D eigenvalue weighted by Crippen LogP contribution is 2.48. The quantitative estimate of drug-likeness (QED) is 0.839. The maximum absolute atomic E-state index is 11.9. The fourth-order valence-corrected chi connectivity index (χ4v) is 2.01. The van der Waals surface area contributed by atoms with Crippen molar-refractivity contribution in [3.8, 4) is 5.75 Å². The van der Waals surface area contributed by atoms with E-state index in [0.29, 0.717) is 6.54 Å². The number of benzene rings is 1. The minimum Gasteiger partial charge on any atom is -0.497 e. The van der Waals surface area contributed by atoms with Gasteiger partial charge < -0.3 is 10.1 Å². The number of amides is 1. The zero-order chi connectivity index (χ0) is 11.6.